The fourth-order valence-corrected chi connectivity index (χ4v) is 1.47. The van der Waals surface area contributed by atoms with Crippen LogP contribution in [0.1, 0.15) is 17.3 Å². The Morgan fingerprint density at radius 1 is 1.44 bits per heavy atom. The lowest BCUT2D eigenvalue weighted by Crippen LogP contribution is -2.16. The van der Waals surface area contributed by atoms with Gasteiger partial charge in [0.1, 0.15) is 5.56 Å². The van der Waals surface area contributed by atoms with Gasteiger partial charge in [-0.25, -0.2) is 9.97 Å². The van der Waals surface area contributed by atoms with Crippen molar-refractivity contribution >= 4 is 11.9 Å². The third-order valence-electron chi connectivity index (χ3n) is 2.34. The van der Waals surface area contributed by atoms with Crippen LogP contribution >= 0.6 is 0 Å². The minimum absolute atomic E-state index is 0.291. The highest BCUT2D eigenvalue weighted by atomic mass is 16.5. The number of hydrogen-bond donors (Lipinski definition) is 1. The molecule has 2 aromatic heterocycles. The Morgan fingerprint density at radius 2 is 2.28 bits per heavy atom. The average molecular weight is 246 g/mol. The number of carbonyl (C=O) groups is 1. The Labute approximate surface area is 105 Å². The number of nitrogens with zero attached hydrogens (tertiary/aromatic N) is 3. The van der Waals surface area contributed by atoms with Gasteiger partial charge in [-0.05, 0) is 19.1 Å². The molecule has 2 aromatic rings. The van der Waals surface area contributed by atoms with Crippen LogP contribution < -0.4 is 10.1 Å². The van der Waals surface area contributed by atoms with Crippen LogP contribution in [0.25, 0.3) is 0 Å². The van der Waals surface area contributed by atoms with Gasteiger partial charge in [0.05, 0.1) is 6.61 Å². The molecule has 6 nitrogen and oxygen atoms in total. The number of rotatable bonds is 4. The van der Waals surface area contributed by atoms with Crippen LogP contribution in [-0.4, -0.2) is 27.0 Å². The molecule has 0 atom stereocenters. The Balaban J connectivity index is 2.21. The molecule has 6 heteroatoms. The fourth-order valence-electron chi connectivity index (χ4n) is 1.47. The number of nitrogens with one attached hydrogen (secondary N) is 1. The van der Waals surface area contributed by atoms with Crippen LogP contribution in [-0.2, 0) is 7.05 Å². The van der Waals surface area contributed by atoms with E-state index < -0.39 is 0 Å². The molecule has 0 saturated carbocycles. The van der Waals surface area contributed by atoms with Gasteiger partial charge in [-0.1, -0.05) is 0 Å². The van der Waals surface area contributed by atoms with Crippen LogP contribution in [0, 0.1) is 0 Å². The second kappa shape index (κ2) is 5.31. The van der Waals surface area contributed by atoms with Crippen molar-refractivity contribution in [3.05, 3.63) is 36.3 Å². The first-order valence-electron chi connectivity index (χ1n) is 5.59. The summed E-state index contributed by atoms with van der Waals surface area (Å²) < 4.78 is 7.03. The summed E-state index contributed by atoms with van der Waals surface area (Å²) >= 11 is 0. The number of ether oxygens (including phenoxy) is 1. The zero-order valence-electron chi connectivity index (χ0n) is 10.3. The van der Waals surface area contributed by atoms with E-state index in [1.165, 1.54) is 0 Å². The maximum Gasteiger partial charge on any atom is 0.263 e. The molecular weight excluding hydrogens is 232 g/mol. The van der Waals surface area contributed by atoms with E-state index in [9.17, 15) is 4.79 Å². The van der Waals surface area contributed by atoms with E-state index in [2.05, 4.69) is 15.3 Å². The normalized spacial score (nSPS) is 10.1. The smallest absolute Gasteiger partial charge is 0.263 e. The maximum atomic E-state index is 12.1. The molecule has 0 radical (unpaired) electrons. The van der Waals surface area contributed by atoms with Gasteiger partial charge < -0.3 is 9.30 Å². The molecular formula is C12H14N4O2. The summed E-state index contributed by atoms with van der Waals surface area (Å²) in [5.41, 5.74) is 0.391. The predicted octanol–water partition coefficient (Wildman–Crippen LogP) is 1.47. The molecule has 2 heterocycles. The van der Waals surface area contributed by atoms with Gasteiger partial charge in [0.15, 0.2) is 0 Å². The van der Waals surface area contributed by atoms with Crippen LogP contribution in [0.3, 0.4) is 0 Å². The van der Waals surface area contributed by atoms with Gasteiger partial charge in [0, 0.05) is 25.6 Å². The number of aromatic nitrogens is 3. The van der Waals surface area contributed by atoms with Crippen LogP contribution in [0.4, 0.5) is 5.95 Å². The average Bonchev–Trinajstić information content (AvgIpc) is 2.76. The quantitative estimate of drug-likeness (QED) is 0.886. The third-order valence-corrected chi connectivity index (χ3v) is 2.34. The molecule has 0 aliphatic rings. The van der Waals surface area contributed by atoms with Crippen molar-refractivity contribution in [2.45, 2.75) is 6.92 Å². The molecule has 94 valence electrons. The molecule has 1 amide bonds. The molecule has 0 fully saturated rings. The lowest BCUT2D eigenvalue weighted by molar-refractivity contribution is 0.102. The molecule has 0 aromatic carbocycles. The molecule has 0 bridgehead atoms. The van der Waals surface area contributed by atoms with E-state index in [0.717, 1.165) is 0 Å². The number of aryl methyl sites for hydroxylation is 1. The van der Waals surface area contributed by atoms with E-state index in [1.807, 2.05) is 6.92 Å². The largest absolute Gasteiger partial charge is 0.477 e. The van der Waals surface area contributed by atoms with Gasteiger partial charge in [-0.15, -0.1) is 0 Å². The highest BCUT2D eigenvalue weighted by Crippen LogP contribution is 2.15. The lowest BCUT2D eigenvalue weighted by atomic mass is 10.2. The predicted molar refractivity (Wildman–Crippen MR) is 66.6 cm³/mol. The second-order valence-electron chi connectivity index (χ2n) is 3.61. The minimum Gasteiger partial charge on any atom is -0.477 e. The highest BCUT2D eigenvalue weighted by Gasteiger charge is 2.14. The van der Waals surface area contributed by atoms with E-state index in [1.54, 1.807) is 42.3 Å². The maximum absolute atomic E-state index is 12.1. The molecule has 18 heavy (non-hydrogen) atoms. The number of pyridine rings is 1. The van der Waals surface area contributed by atoms with Crippen molar-refractivity contribution in [1.29, 1.82) is 0 Å². The van der Waals surface area contributed by atoms with Crippen LogP contribution in [0.2, 0.25) is 0 Å². The van der Waals surface area contributed by atoms with E-state index in [4.69, 9.17) is 4.74 Å². The number of carbonyl (C=O) groups excluding carboxylic acids is 1. The Bertz CT molecular complexity index is 551. The number of hydrogen-bond acceptors (Lipinski definition) is 4. The Kier molecular flexibility index (Phi) is 3.57. The van der Waals surface area contributed by atoms with E-state index >= 15 is 0 Å². The fraction of sp³-hybridized carbons (Fsp3) is 0.250. The molecule has 2 rings (SSSR count). The van der Waals surface area contributed by atoms with Gasteiger partial charge in [-0.2, -0.15) is 0 Å². The summed E-state index contributed by atoms with van der Waals surface area (Å²) in [4.78, 5) is 20.1. The summed E-state index contributed by atoms with van der Waals surface area (Å²) in [5.74, 6) is 0.513. The molecule has 0 unspecified atom stereocenters. The molecule has 0 spiro atoms. The van der Waals surface area contributed by atoms with E-state index in [0.29, 0.717) is 24.0 Å². The van der Waals surface area contributed by atoms with Crippen LogP contribution in [0.15, 0.2) is 30.7 Å². The lowest BCUT2D eigenvalue weighted by Gasteiger charge is -2.08. The summed E-state index contributed by atoms with van der Waals surface area (Å²) in [6.45, 7) is 2.30. The summed E-state index contributed by atoms with van der Waals surface area (Å²) in [7, 11) is 1.80. The number of amides is 1. The zero-order valence-corrected chi connectivity index (χ0v) is 10.3. The van der Waals surface area contributed by atoms with Crippen molar-refractivity contribution in [2.75, 3.05) is 11.9 Å². The second-order valence-corrected chi connectivity index (χ2v) is 3.61. The topological polar surface area (TPSA) is 69.0 Å². The van der Waals surface area contributed by atoms with Crippen molar-refractivity contribution in [3.63, 3.8) is 0 Å². The minimum atomic E-state index is -0.291. The van der Waals surface area contributed by atoms with Crippen molar-refractivity contribution in [2.24, 2.45) is 7.05 Å². The van der Waals surface area contributed by atoms with Crippen molar-refractivity contribution < 1.29 is 9.53 Å². The third kappa shape index (κ3) is 2.48. The molecule has 0 saturated heterocycles. The molecule has 1 N–H and O–H groups in total. The molecule has 0 aliphatic carbocycles. The summed E-state index contributed by atoms with van der Waals surface area (Å²) in [6, 6.07) is 3.35. The van der Waals surface area contributed by atoms with Gasteiger partial charge in [0.2, 0.25) is 11.8 Å². The van der Waals surface area contributed by atoms with Gasteiger partial charge in [-0.3, -0.25) is 10.1 Å². The van der Waals surface area contributed by atoms with Gasteiger partial charge >= 0.3 is 0 Å². The summed E-state index contributed by atoms with van der Waals surface area (Å²) in [5, 5.41) is 2.70. The van der Waals surface area contributed by atoms with Crippen molar-refractivity contribution in [3.8, 4) is 5.88 Å². The highest BCUT2D eigenvalue weighted by molar-refractivity contribution is 6.04. The Hall–Kier alpha value is -2.37. The number of anilines is 1. The first-order chi connectivity index (χ1) is 8.72. The monoisotopic (exact) mass is 246 g/mol. The zero-order chi connectivity index (χ0) is 13.0. The molecule has 0 aliphatic heterocycles. The van der Waals surface area contributed by atoms with E-state index in [-0.39, 0.29) is 5.91 Å². The summed E-state index contributed by atoms with van der Waals surface area (Å²) in [6.07, 6.45) is 4.95. The van der Waals surface area contributed by atoms with Gasteiger partial charge in [0.25, 0.3) is 5.91 Å². The SMILES string of the molecule is CCOc1ncccc1C(=O)Nc1nccn1C. The first-order valence-corrected chi connectivity index (χ1v) is 5.59. The Morgan fingerprint density at radius 3 is 2.94 bits per heavy atom. The van der Waals surface area contributed by atoms with Crippen LogP contribution in [0.5, 0.6) is 5.88 Å². The van der Waals surface area contributed by atoms with Crippen molar-refractivity contribution in [1.82, 2.24) is 14.5 Å². The standard InChI is InChI=1S/C12H14N4O2/c1-3-18-11-9(5-4-6-13-11)10(17)15-12-14-7-8-16(12)2/h4-8H,3H2,1-2H3,(H,14,15,17). The number of imidazole rings is 1. The first kappa shape index (κ1) is 12.1.